The van der Waals surface area contributed by atoms with Crippen LogP contribution in [0.3, 0.4) is 0 Å². The molecule has 27 heavy (non-hydrogen) atoms. The van der Waals surface area contributed by atoms with E-state index in [0.717, 1.165) is 38.2 Å². The lowest BCUT2D eigenvalue weighted by atomic mass is 10.2. The summed E-state index contributed by atoms with van der Waals surface area (Å²) in [6.07, 6.45) is 2.07. The van der Waals surface area contributed by atoms with E-state index in [0.29, 0.717) is 24.6 Å². The normalized spacial score (nSPS) is 16.3. The first-order valence-electron chi connectivity index (χ1n) is 9.59. The summed E-state index contributed by atoms with van der Waals surface area (Å²) in [4.78, 5) is 2.63. The third kappa shape index (κ3) is 5.31. The molecule has 3 rings (SSSR count). The third-order valence-corrected chi connectivity index (χ3v) is 6.72. The molecule has 1 fully saturated rings. The Morgan fingerprint density at radius 3 is 2.22 bits per heavy atom. The molecule has 0 atom stereocenters. The quantitative estimate of drug-likeness (QED) is 0.651. The van der Waals surface area contributed by atoms with Crippen LogP contribution in [0.4, 0.5) is 0 Å². The zero-order chi connectivity index (χ0) is 19.1. The molecule has 1 heterocycles. The first kappa shape index (κ1) is 19.9. The molecular weight excluding hydrogens is 360 g/mol. The Morgan fingerprint density at radius 1 is 0.926 bits per heavy atom. The summed E-state index contributed by atoms with van der Waals surface area (Å²) in [5, 5.41) is 0. The van der Waals surface area contributed by atoms with Crippen molar-refractivity contribution in [1.29, 1.82) is 0 Å². The van der Waals surface area contributed by atoms with Gasteiger partial charge in [0.2, 0.25) is 10.0 Å². The summed E-state index contributed by atoms with van der Waals surface area (Å²) in [5.41, 5.74) is 1.26. The molecule has 1 saturated heterocycles. The van der Waals surface area contributed by atoms with Gasteiger partial charge in [-0.25, -0.2) is 8.42 Å². The largest absolute Gasteiger partial charge is 0.494 e. The van der Waals surface area contributed by atoms with Crippen LogP contribution in [0, 0.1) is 0 Å². The summed E-state index contributed by atoms with van der Waals surface area (Å²) in [5.74, 6) is 0.718. The van der Waals surface area contributed by atoms with Crippen molar-refractivity contribution in [3.8, 4) is 5.75 Å². The summed E-state index contributed by atoms with van der Waals surface area (Å²) < 4.78 is 33.0. The first-order chi connectivity index (χ1) is 13.1. The fraction of sp³-hybridized carbons (Fsp3) is 0.429. The van der Waals surface area contributed by atoms with E-state index in [-0.39, 0.29) is 0 Å². The molecule has 2 aromatic carbocycles. The second-order valence-electron chi connectivity index (χ2n) is 6.84. The molecule has 0 bridgehead atoms. The van der Waals surface area contributed by atoms with Gasteiger partial charge in [0.1, 0.15) is 5.75 Å². The molecule has 2 aromatic rings. The molecule has 0 N–H and O–H groups in total. The van der Waals surface area contributed by atoms with E-state index in [9.17, 15) is 8.42 Å². The average Bonchev–Trinajstić information content (AvgIpc) is 2.70. The highest BCUT2D eigenvalue weighted by Gasteiger charge is 2.28. The topological polar surface area (TPSA) is 49.9 Å². The summed E-state index contributed by atoms with van der Waals surface area (Å²) >= 11 is 0. The Morgan fingerprint density at radius 2 is 1.59 bits per heavy atom. The van der Waals surface area contributed by atoms with Crippen molar-refractivity contribution < 1.29 is 13.2 Å². The van der Waals surface area contributed by atoms with Gasteiger partial charge in [0.25, 0.3) is 0 Å². The van der Waals surface area contributed by atoms with E-state index < -0.39 is 10.0 Å². The lowest BCUT2D eigenvalue weighted by molar-refractivity contribution is 0.181. The Labute approximate surface area is 162 Å². The van der Waals surface area contributed by atoms with Gasteiger partial charge in [0.05, 0.1) is 11.5 Å². The average molecular weight is 389 g/mol. The maximum Gasteiger partial charge on any atom is 0.243 e. The van der Waals surface area contributed by atoms with Gasteiger partial charge in [0.15, 0.2) is 0 Å². The Hall–Kier alpha value is -1.89. The Kier molecular flexibility index (Phi) is 6.88. The summed E-state index contributed by atoms with van der Waals surface area (Å²) in [6.45, 7) is 6.15. The van der Waals surface area contributed by atoms with Crippen molar-refractivity contribution in [2.75, 3.05) is 32.8 Å². The fourth-order valence-electron chi connectivity index (χ4n) is 3.16. The number of nitrogens with zero attached hydrogens (tertiary/aromatic N) is 2. The predicted molar refractivity (Wildman–Crippen MR) is 107 cm³/mol. The minimum Gasteiger partial charge on any atom is -0.494 e. The second kappa shape index (κ2) is 9.35. The van der Waals surface area contributed by atoms with Crippen LogP contribution in [0.25, 0.3) is 0 Å². The molecule has 0 aliphatic carbocycles. The lowest BCUT2D eigenvalue weighted by Crippen LogP contribution is -2.48. The Balaban J connectivity index is 1.56. The van der Waals surface area contributed by atoms with Crippen LogP contribution in [0.1, 0.15) is 25.3 Å². The second-order valence-corrected chi connectivity index (χ2v) is 8.78. The molecule has 0 radical (unpaired) electrons. The zero-order valence-electron chi connectivity index (χ0n) is 15.9. The van der Waals surface area contributed by atoms with Crippen molar-refractivity contribution in [2.24, 2.45) is 0 Å². The van der Waals surface area contributed by atoms with E-state index >= 15 is 0 Å². The van der Waals surface area contributed by atoms with Crippen molar-refractivity contribution in [2.45, 2.75) is 31.2 Å². The van der Waals surface area contributed by atoms with Crippen LogP contribution in [0.5, 0.6) is 5.75 Å². The lowest BCUT2D eigenvalue weighted by Gasteiger charge is -2.34. The molecular formula is C21H28N2O3S. The number of rotatable bonds is 8. The molecule has 6 heteroatoms. The van der Waals surface area contributed by atoms with Crippen LogP contribution < -0.4 is 4.74 Å². The minimum absolute atomic E-state index is 0.335. The van der Waals surface area contributed by atoms with Crippen molar-refractivity contribution in [1.82, 2.24) is 9.21 Å². The summed E-state index contributed by atoms with van der Waals surface area (Å²) in [7, 11) is -3.45. The number of ether oxygens (including phenoxy) is 1. The van der Waals surface area contributed by atoms with Gasteiger partial charge in [-0.05, 0) is 36.2 Å². The van der Waals surface area contributed by atoms with E-state index in [4.69, 9.17) is 4.74 Å². The number of piperazine rings is 1. The maximum atomic E-state index is 12.9. The van der Waals surface area contributed by atoms with Crippen LogP contribution in [-0.2, 0) is 16.6 Å². The number of hydrogen-bond donors (Lipinski definition) is 0. The molecule has 0 unspecified atom stereocenters. The first-order valence-corrected chi connectivity index (χ1v) is 11.0. The van der Waals surface area contributed by atoms with Crippen LogP contribution in [-0.4, -0.2) is 50.4 Å². The fourth-order valence-corrected chi connectivity index (χ4v) is 4.58. The Bertz CT molecular complexity index is 799. The van der Waals surface area contributed by atoms with Gasteiger partial charge < -0.3 is 4.74 Å². The maximum absolute atomic E-state index is 12.9. The van der Waals surface area contributed by atoms with Crippen molar-refractivity contribution >= 4 is 10.0 Å². The van der Waals surface area contributed by atoms with E-state index in [2.05, 4.69) is 24.0 Å². The number of unbranched alkanes of at least 4 members (excludes halogenated alkanes) is 1. The molecule has 5 nitrogen and oxygen atoms in total. The number of hydrogen-bond acceptors (Lipinski definition) is 4. The number of sulfonamides is 1. The van der Waals surface area contributed by atoms with Gasteiger partial charge in [-0.1, -0.05) is 43.7 Å². The smallest absolute Gasteiger partial charge is 0.243 e. The highest BCUT2D eigenvalue weighted by molar-refractivity contribution is 7.89. The highest BCUT2D eigenvalue weighted by Crippen LogP contribution is 2.21. The molecule has 0 amide bonds. The van der Waals surface area contributed by atoms with Crippen LogP contribution in [0.15, 0.2) is 59.5 Å². The molecule has 1 aliphatic rings. The van der Waals surface area contributed by atoms with Gasteiger partial charge in [-0.15, -0.1) is 0 Å². The van der Waals surface area contributed by atoms with Crippen LogP contribution in [0.2, 0.25) is 0 Å². The van der Waals surface area contributed by atoms with Crippen molar-refractivity contribution in [3.63, 3.8) is 0 Å². The monoisotopic (exact) mass is 388 g/mol. The van der Waals surface area contributed by atoms with E-state index in [1.807, 2.05) is 18.2 Å². The van der Waals surface area contributed by atoms with Crippen molar-refractivity contribution in [3.05, 3.63) is 60.2 Å². The zero-order valence-corrected chi connectivity index (χ0v) is 16.7. The standard InChI is InChI=1S/C21H28N2O3S/c1-2-3-17-26-20-9-11-21(12-10-20)27(24,25)23-15-13-22(14-16-23)18-19-7-5-4-6-8-19/h4-12H,2-3,13-18H2,1H3. The molecule has 146 valence electrons. The van der Waals surface area contributed by atoms with Gasteiger partial charge in [0, 0.05) is 32.7 Å². The summed E-state index contributed by atoms with van der Waals surface area (Å²) in [6, 6.07) is 17.1. The van der Waals surface area contributed by atoms with Gasteiger partial charge >= 0.3 is 0 Å². The molecule has 0 aromatic heterocycles. The van der Waals surface area contributed by atoms with E-state index in [1.165, 1.54) is 5.56 Å². The predicted octanol–water partition coefficient (Wildman–Crippen LogP) is 3.37. The number of benzene rings is 2. The molecule has 1 aliphatic heterocycles. The van der Waals surface area contributed by atoms with Gasteiger partial charge in [-0.3, -0.25) is 4.90 Å². The van der Waals surface area contributed by atoms with E-state index in [1.54, 1.807) is 28.6 Å². The van der Waals surface area contributed by atoms with Gasteiger partial charge in [-0.2, -0.15) is 4.31 Å². The van der Waals surface area contributed by atoms with Crippen LogP contribution >= 0.6 is 0 Å². The SMILES string of the molecule is CCCCOc1ccc(S(=O)(=O)N2CCN(Cc3ccccc3)CC2)cc1. The molecule has 0 spiro atoms. The minimum atomic E-state index is -3.45. The molecule has 0 saturated carbocycles. The third-order valence-electron chi connectivity index (χ3n) is 4.81. The highest BCUT2D eigenvalue weighted by atomic mass is 32.2.